The van der Waals surface area contributed by atoms with Crippen LogP contribution in [-0.2, 0) is 75.9 Å². The standard InChI is InChI=1S/C38H76NO16/c1-7-8-38(39(2,3)4,37(41)35-55-32-30-53-28-26-51-24-22-49-20-18-47-16-14-45-12-10-43-6)33-36(40)34-54-31-29-52-27-25-50-23-21-48-19-17-46-15-13-44-11-9-42-5/h7-35H2,1-6H3/q+1. The number of ketones is 2. The maximum absolute atomic E-state index is 13.6. The SMILES string of the molecule is CCCC(CC(=O)COCCOCCOCCOCCOCCOCCOC)(C(=O)COCCOCCOCCOCCOCCOCCOC)[N+](C)(C)C. The van der Waals surface area contributed by atoms with E-state index in [9.17, 15) is 9.59 Å². The van der Waals surface area contributed by atoms with Crippen LogP contribution in [0.3, 0.4) is 0 Å². The number of rotatable bonds is 46. The van der Waals surface area contributed by atoms with Gasteiger partial charge in [0, 0.05) is 20.6 Å². The molecule has 55 heavy (non-hydrogen) atoms. The monoisotopic (exact) mass is 803 g/mol. The minimum Gasteiger partial charge on any atom is -0.382 e. The zero-order valence-electron chi connectivity index (χ0n) is 35.0. The summed E-state index contributed by atoms with van der Waals surface area (Å²) in [6, 6.07) is 0. The predicted molar refractivity (Wildman–Crippen MR) is 204 cm³/mol. The summed E-state index contributed by atoms with van der Waals surface area (Å²) in [7, 11) is 9.08. The zero-order chi connectivity index (χ0) is 40.6. The Kier molecular flexibility index (Phi) is 38.7. The molecular formula is C38H76NO16+. The molecule has 328 valence electrons. The quantitative estimate of drug-likeness (QED) is 0.0638. The van der Waals surface area contributed by atoms with Crippen molar-refractivity contribution in [3.8, 4) is 0 Å². The molecule has 0 aliphatic carbocycles. The highest BCUT2D eigenvalue weighted by Gasteiger charge is 2.50. The molecule has 1 unspecified atom stereocenters. The average Bonchev–Trinajstić information content (AvgIpc) is 3.15. The van der Waals surface area contributed by atoms with Crippen LogP contribution < -0.4 is 0 Å². The molecule has 0 heterocycles. The molecule has 0 aromatic carbocycles. The molecule has 17 heteroatoms. The van der Waals surface area contributed by atoms with Crippen LogP contribution in [0, 0.1) is 0 Å². The highest BCUT2D eigenvalue weighted by Crippen LogP contribution is 2.30. The first-order valence-electron chi connectivity index (χ1n) is 19.5. The molecule has 0 N–H and O–H groups in total. The number of methoxy groups -OCH3 is 2. The van der Waals surface area contributed by atoms with E-state index in [4.69, 9.17) is 66.3 Å². The van der Waals surface area contributed by atoms with Crippen LogP contribution in [-0.4, -0.2) is 229 Å². The fraction of sp³-hybridized carbons (Fsp3) is 0.947. The number of carbonyl (C=O) groups is 2. The van der Waals surface area contributed by atoms with E-state index < -0.39 is 5.54 Å². The molecule has 0 aromatic rings. The summed E-state index contributed by atoms with van der Waals surface area (Å²) < 4.78 is 75.9. The van der Waals surface area contributed by atoms with Gasteiger partial charge in [-0.25, -0.2) is 0 Å². The number of hydrogen-bond acceptors (Lipinski definition) is 16. The van der Waals surface area contributed by atoms with E-state index in [-0.39, 0.29) is 44.4 Å². The number of ether oxygens (including phenoxy) is 14. The van der Waals surface area contributed by atoms with E-state index in [2.05, 4.69) is 0 Å². The van der Waals surface area contributed by atoms with Crippen LogP contribution in [0.5, 0.6) is 0 Å². The van der Waals surface area contributed by atoms with Crippen molar-refractivity contribution in [3.63, 3.8) is 0 Å². The fourth-order valence-electron chi connectivity index (χ4n) is 5.03. The molecule has 0 saturated carbocycles. The lowest BCUT2D eigenvalue weighted by molar-refractivity contribution is -0.913. The maximum Gasteiger partial charge on any atom is 0.218 e. The molecule has 0 bridgehead atoms. The lowest BCUT2D eigenvalue weighted by atomic mass is 9.81. The van der Waals surface area contributed by atoms with Gasteiger partial charge in [-0.3, -0.25) is 9.59 Å². The van der Waals surface area contributed by atoms with E-state index in [1.54, 1.807) is 14.2 Å². The smallest absolute Gasteiger partial charge is 0.218 e. The number of carbonyl (C=O) groups excluding carboxylic acids is 2. The second-order valence-electron chi connectivity index (χ2n) is 13.1. The van der Waals surface area contributed by atoms with E-state index in [0.717, 1.165) is 6.42 Å². The Morgan fingerprint density at radius 2 is 0.655 bits per heavy atom. The molecular weight excluding hydrogens is 726 g/mol. The van der Waals surface area contributed by atoms with Gasteiger partial charge in [-0.15, -0.1) is 0 Å². The Hall–Kier alpha value is -1.26. The highest BCUT2D eigenvalue weighted by molar-refractivity contribution is 5.94. The van der Waals surface area contributed by atoms with Gasteiger partial charge in [-0.1, -0.05) is 6.92 Å². The predicted octanol–water partition coefficient (Wildman–Crippen LogP) is 1.25. The summed E-state index contributed by atoms with van der Waals surface area (Å²) in [6.07, 6.45) is 1.35. The molecule has 0 saturated heterocycles. The van der Waals surface area contributed by atoms with Gasteiger partial charge in [-0.2, -0.15) is 0 Å². The highest BCUT2D eigenvalue weighted by atomic mass is 16.6. The molecule has 17 nitrogen and oxygen atoms in total. The van der Waals surface area contributed by atoms with Crippen LogP contribution in [0.15, 0.2) is 0 Å². The Morgan fingerprint density at radius 1 is 0.400 bits per heavy atom. The van der Waals surface area contributed by atoms with E-state index in [0.29, 0.717) is 156 Å². The van der Waals surface area contributed by atoms with E-state index >= 15 is 0 Å². The fourth-order valence-corrected chi connectivity index (χ4v) is 5.03. The van der Waals surface area contributed by atoms with Gasteiger partial charge in [-0.05, 0) is 6.42 Å². The van der Waals surface area contributed by atoms with Crippen molar-refractivity contribution in [3.05, 3.63) is 0 Å². The Morgan fingerprint density at radius 3 is 0.909 bits per heavy atom. The normalized spacial score (nSPS) is 13.1. The summed E-state index contributed by atoms with van der Waals surface area (Å²) in [5.74, 6) is -0.249. The summed E-state index contributed by atoms with van der Waals surface area (Å²) in [6.45, 7) is 12.8. The summed E-state index contributed by atoms with van der Waals surface area (Å²) in [5.41, 5.74) is -0.930. The van der Waals surface area contributed by atoms with Crippen LogP contribution in [0.4, 0.5) is 0 Å². The lowest BCUT2D eigenvalue weighted by Crippen LogP contribution is -2.64. The number of nitrogens with zero attached hydrogens (tertiary/aromatic N) is 1. The summed E-state index contributed by atoms with van der Waals surface area (Å²) in [4.78, 5) is 26.6. The van der Waals surface area contributed by atoms with Gasteiger partial charge in [0.2, 0.25) is 5.78 Å². The third-order valence-corrected chi connectivity index (χ3v) is 8.04. The van der Waals surface area contributed by atoms with E-state index in [1.165, 1.54) is 0 Å². The molecule has 0 aromatic heterocycles. The van der Waals surface area contributed by atoms with Crippen LogP contribution in [0.1, 0.15) is 26.2 Å². The molecule has 0 aliphatic rings. The second kappa shape index (κ2) is 39.6. The first-order chi connectivity index (χ1) is 26.7. The van der Waals surface area contributed by atoms with Crippen molar-refractivity contribution in [1.82, 2.24) is 0 Å². The van der Waals surface area contributed by atoms with Gasteiger partial charge in [0.15, 0.2) is 11.3 Å². The maximum atomic E-state index is 13.6. The van der Waals surface area contributed by atoms with Crippen LogP contribution in [0.2, 0.25) is 0 Å². The number of hydrogen-bond donors (Lipinski definition) is 0. The summed E-state index contributed by atoms with van der Waals surface area (Å²) in [5, 5.41) is 0. The number of Topliss-reactive ketones (excluding diaryl/α,β-unsaturated/α-hetero) is 2. The van der Waals surface area contributed by atoms with Crippen LogP contribution in [0.25, 0.3) is 0 Å². The van der Waals surface area contributed by atoms with Crippen molar-refractivity contribution < 1.29 is 80.4 Å². The zero-order valence-corrected chi connectivity index (χ0v) is 35.0. The molecule has 0 radical (unpaired) electrons. The third-order valence-electron chi connectivity index (χ3n) is 8.04. The van der Waals surface area contributed by atoms with Crippen molar-refractivity contribution in [1.29, 1.82) is 0 Å². The number of quaternary nitrogens is 1. The van der Waals surface area contributed by atoms with Crippen LogP contribution >= 0.6 is 0 Å². The second-order valence-corrected chi connectivity index (χ2v) is 13.1. The summed E-state index contributed by atoms with van der Waals surface area (Å²) >= 11 is 0. The molecule has 0 rings (SSSR count). The topological polar surface area (TPSA) is 163 Å². The molecule has 0 fully saturated rings. The largest absolute Gasteiger partial charge is 0.382 e. The lowest BCUT2D eigenvalue weighted by Gasteiger charge is -2.44. The van der Waals surface area contributed by atoms with Crippen molar-refractivity contribution in [2.24, 2.45) is 0 Å². The minimum atomic E-state index is -0.930. The van der Waals surface area contributed by atoms with Gasteiger partial charge in [0.1, 0.15) is 13.2 Å². The molecule has 0 spiro atoms. The van der Waals surface area contributed by atoms with Gasteiger partial charge in [0.25, 0.3) is 0 Å². The van der Waals surface area contributed by atoms with Gasteiger partial charge in [0.05, 0.1) is 186 Å². The van der Waals surface area contributed by atoms with Gasteiger partial charge < -0.3 is 70.8 Å². The van der Waals surface area contributed by atoms with Crippen molar-refractivity contribution in [2.45, 2.75) is 31.7 Å². The van der Waals surface area contributed by atoms with E-state index in [1.807, 2.05) is 28.1 Å². The minimum absolute atomic E-state index is 0.0631. The first kappa shape index (κ1) is 53.7. The first-order valence-corrected chi connectivity index (χ1v) is 19.5. The number of likely N-dealkylation sites (N-methyl/N-ethyl adjacent to an activating group) is 1. The Labute approximate surface area is 330 Å². The molecule has 0 aliphatic heterocycles. The van der Waals surface area contributed by atoms with Crippen molar-refractivity contribution in [2.75, 3.05) is 207 Å². The Bertz CT molecular complexity index is 850. The van der Waals surface area contributed by atoms with Gasteiger partial charge >= 0.3 is 0 Å². The van der Waals surface area contributed by atoms with Crippen molar-refractivity contribution >= 4 is 11.6 Å². The third kappa shape index (κ3) is 32.4. The Balaban J connectivity index is 3.99. The average molecular weight is 803 g/mol. The molecule has 1 atom stereocenters. The molecule has 0 amide bonds.